The molecule has 3 nitrogen and oxygen atoms in total. The van der Waals surface area contributed by atoms with Crippen molar-refractivity contribution in [2.45, 2.75) is 38.9 Å². The average molecular weight is 222 g/mol. The van der Waals surface area contributed by atoms with Gasteiger partial charge in [-0.15, -0.1) is 0 Å². The molecule has 0 fully saturated rings. The minimum atomic E-state index is -0.588. The molecule has 0 aliphatic rings. The second-order valence-electron chi connectivity index (χ2n) is 3.85. The fraction of sp³-hybridized carbons (Fsp3) is 1.00. The van der Waals surface area contributed by atoms with Crippen LogP contribution in [-0.2, 0) is 4.74 Å². The third kappa shape index (κ3) is 7.62. The van der Waals surface area contributed by atoms with Crippen molar-refractivity contribution < 1.29 is 14.9 Å². The van der Waals surface area contributed by atoms with Crippen LogP contribution in [0, 0.1) is 0 Å². The zero-order valence-electron chi connectivity index (χ0n) is 9.32. The van der Waals surface area contributed by atoms with E-state index in [1.807, 2.05) is 6.92 Å². The van der Waals surface area contributed by atoms with E-state index >= 15 is 0 Å². The van der Waals surface area contributed by atoms with Crippen molar-refractivity contribution in [2.24, 2.45) is 0 Å². The van der Waals surface area contributed by atoms with Crippen LogP contribution < -0.4 is 0 Å². The Morgan fingerprint density at radius 3 is 2.57 bits per heavy atom. The van der Waals surface area contributed by atoms with Gasteiger partial charge in [0.25, 0.3) is 0 Å². The van der Waals surface area contributed by atoms with E-state index in [9.17, 15) is 0 Å². The topological polar surface area (TPSA) is 49.7 Å². The summed E-state index contributed by atoms with van der Waals surface area (Å²) in [6, 6.07) is 0. The quantitative estimate of drug-likeness (QED) is 0.607. The maximum atomic E-state index is 9.09. The molecule has 0 rings (SSSR count). The SMILES string of the molecule is CCOC(C)(C)CCSCC(O)CO. The molecule has 1 unspecified atom stereocenters. The zero-order chi connectivity index (χ0) is 11.0. The predicted octanol–water partition coefficient (Wildman–Crippen LogP) is 1.28. The molecule has 0 aromatic rings. The minimum Gasteiger partial charge on any atom is -0.394 e. The third-order valence-corrected chi connectivity index (χ3v) is 3.02. The Bertz CT molecular complexity index is 139. The molecular weight excluding hydrogens is 200 g/mol. The summed E-state index contributed by atoms with van der Waals surface area (Å²) in [7, 11) is 0. The summed E-state index contributed by atoms with van der Waals surface area (Å²) in [6.07, 6.45) is 0.374. The van der Waals surface area contributed by atoms with E-state index in [2.05, 4.69) is 13.8 Å². The van der Waals surface area contributed by atoms with Crippen LogP contribution in [0.25, 0.3) is 0 Å². The summed E-state index contributed by atoms with van der Waals surface area (Å²) in [5.41, 5.74) is -0.0775. The molecule has 1 atom stereocenters. The molecule has 0 radical (unpaired) electrons. The third-order valence-electron chi connectivity index (χ3n) is 1.90. The normalized spacial score (nSPS) is 14.4. The first kappa shape index (κ1) is 14.2. The van der Waals surface area contributed by atoms with E-state index in [4.69, 9.17) is 14.9 Å². The summed E-state index contributed by atoms with van der Waals surface area (Å²) in [4.78, 5) is 0. The van der Waals surface area contributed by atoms with Crippen LogP contribution in [0.5, 0.6) is 0 Å². The number of aliphatic hydroxyl groups excluding tert-OH is 2. The van der Waals surface area contributed by atoms with Gasteiger partial charge in [-0.1, -0.05) is 0 Å². The molecule has 0 amide bonds. The van der Waals surface area contributed by atoms with Gasteiger partial charge in [-0.3, -0.25) is 0 Å². The second-order valence-corrected chi connectivity index (χ2v) is 5.00. The lowest BCUT2D eigenvalue weighted by Crippen LogP contribution is -2.25. The van der Waals surface area contributed by atoms with Crippen molar-refractivity contribution in [1.82, 2.24) is 0 Å². The van der Waals surface area contributed by atoms with Gasteiger partial charge in [0.05, 0.1) is 18.3 Å². The Kier molecular flexibility index (Phi) is 7.64. The van der Waals surface area contributed by atoms with E-state index in [0.29, 0.717) is 5.75 Å². The van der Waals surface area contributed by atoms with E-state index in [1.54, 1.807) is 11.8 Å². The predicted molar refractivity (Wildman–Crippen MR) is 60.7 cm³/mol. The smallest absolute Gasteiger partial charge is 0.0861 e. The monoisotopic (exact) mass is 222 g/mol. The first-order valence-corrected chi connectivity index (χ1v) is 6.18. The number of hydrogen-bond acceptors (Lipinski definition) is 4. The van der Waals surface area contributed by atoms with Gasteiger partial charge in [0.1, 0.15) is 0 Å². The highest BCUT2D eigenvalue weighted by atomic mass is 32.2. The molecule has 2 N–H and O–H groups in total. The maximum absolute atomic E-state index is 9.09. The van der Waals surface area contributed by atoms with E-state index in [0.717, 1.165) is 18.8 Å². The second kappa shape index (κ2) is 7.51. The molecule has 0 heterocycles. The van der Waals surface area contributed by atoms with Crippen LogP contribution in [0.4, 0.5) is 0 Å². The molecule has 4 heteroatoms. The van der Waals surface area contributed by atoms with Crippen molar-refractivity contribution >= 4 is 11.8 Å². The van der Waals surface area contributed by atoms with Crippen LogP contribution in [0.2, 0.25) is 0 Å². The van der Waals surface area contributed by atoms with E-state index < -0.39 is 6.10 Å². The largest absolute Gasteiger partial charge is 0.394 e. The highest BCUT2D eigenvalue weighted by molar-refractivity contribution is 7.99. The molecule has 14 heavy (non-hydrogen) atoms. The first-order valence-electron chi connectivity index (χ1n) is 5.02. The van der Waals surface area contributed by atoms with E-state index in [-0.39, 0.29) is 12.2 Å². The van der Waals surface area contributed by atoms with Crippen LogP contribution in [0.15, 0.2) is 0 Å². The molecule has 0 aliphatic heterocycles. The van der Waals surface area contributed by atoms with Gasteiger partial charge in [-0.2, -0.15) is 11.8 Å². The number of thioether (sulfide) groups is 1. The fourth-order valence-electron chi connectivity index (χ4n) is 1.05. The highest BCUT2D eigenvalue weighted by Gasteiger charge is 2.16. The summed E-state index contributed by atoms with van der Waals surface area (Å²) in [5, 5.41) is 17.7. The minimum absolute atomic E-state index is 0.0775. The summed E-state index contributed by atoms with van der Waals surface area (Å²) >= 11 is 1.65. The van der Waals surface area contributed by atoms with Crippen molar-refractivity contribution in [2.75, 3.05) is 24.7 Å². The molecule has 0 saturated carbocycles. The van der Waals surface area contributed by atoms with Gasteiger partial charge in [-0.25, -0.2) is 0 Å². The molecular formula is C10H22O3S. The van der Waals surface area contributed by atoms with Gasteiger partial charge in [0.2, 0.25) is 0 Å². The highest BCUT2D eigenvalue weighted by Crippen LogP contribution is 2.18. The maximum Gasteiger partial charge on any atom is 0.0861 e. The molecule has 86 valence electrons. The van der Waals surface area contributed by atoms with Gasteiger partial charge in [-0.05, 0) is 32.9 Å². The standard InChI is InChI=1S/C10H22O3S/c1-4-13-10(2,3)5-6-14-8-9(12)7-11/h9,11-12H,4-8H2,1-3H3. The Balaban J connectivity index is 3.43. The van der Waals surface area contributed by atoms with Crippen LogP contribution in [0.3, 0.4) is 0 Å². The van der Waals surface area contributed by atoms with Crippen molar-refractivity contribution in [1.29, 1.82) is 0 Å². The van der Waals surface area contributed by atoms with Gasteiger partial charge >= 0.3 is 0 Å². The summed E-state index contributed by atoms with van der Waals surface area (Å²) in [6.45, 7) is 6.71. The van der Waals surface area contributed by atoms with Crippen LogP contribution in [-0.4, -0.2) is 46.6 Å². The van der Waals surface area contributed by atoms with E-state index in [1.165, 1.54) is 0 Å². The number of rotatable bonds is 8. The molecule has 0 aromatic carbocycles. The number of aliphatic hydroxyl groups is 2. The lowest BCUT2D eigenvalue weighted by Gasteiger charge is -2.24. The Labute approximate surface area is 90.8 Å². The Morgan fingerprint density at radius 2 is 2.07 bits per heavy atom. The molecule has 0 bridgehead atoms. The zero-order valence-corrected chi connectivity index (χ0v) is 10.1. The Morgan fingerprint density at radius 1 is 1.43 bits per heavy atom. The van der Waals surface area contributed by atoms with Crippen molar-refractivity contribution in [3.05, 3.63) is 0 Å². The van der Waals surface area contributed by atoms with Crippen molar-refractivity contribution in [3.63, 3.8) is 0 Å². The molecule has 0 aromatic heterocycles. The Hall–Kier alpha value is 0.230. The average Bonchev–Trinajstić information content (AvgIpc) is 2.12. The first-order chi connectivity index (χ1) is 6.52. The number of hydrogen-bond donors (Lipinski definition) is 2. The summed E-state index contributed by atoms with van der Waals surface area (Å²) in [5.74, 6) is 1.54. The number of ether oxygens (including phenoxy) is 1. The van der Waals surface area contributed by atoms with Crippen LogP contribution >= 0.6 is 11.8 Å². The lowest BCUT2D eigenvalue weighted by atomic mass is 10.1. The molecule has 0 aliphatic carbocycles. The van der Waals surface area contributed by atoms with Crippen molar-refractivity contribution in [3.8, 4) is 0 Å². The molecule has 0 spiro atoms. The van der Waals surface area contributed by atoms with Gasteiger partial charge < -0.3 is 14.9 Å². The van der Waals surface area contributed by atoms with Crippen LogP contribution in [0.1, 0.15) is 27.2 Å². The summed E-state index contributed by atoms with van der Waals surface area (Å²) < 4.78 is 5.54. The fourth-order valence-corrected chi connectivity index (χ4v) is 2.23. The lowest BCUT2D eigenvalue weighted by molar-refractivity contribution is -0.0116. The molecule has 0 saturated heterocycles. The van der Waals surface area contributed by atoms with Gasteiger partial charge in [0.15, 0.2) is 0 Å². The van der Waals surface area contributed by atoms with Gasteiger partial charge in [0, 0.05) is 12.4 Å².